The molecule has 0 radical (unpaired) electrons. The zero-order valence-corrected chi connectivity index (χ0v) is 24.9. The van der Waals surface area contributed by atoms with Crippen LogP contribution in [0.2, 0.25) is 0 Å². The van der Waals surface area contributed by atoms with E-state index in [4.69, 9.17) is 4.74 Å². The average molecular weight is 613 g/mol. The van der Waals surface area contributed by atoms with Crippen LogP contribution < -0.4 is 14.4 Å². The summed E-state index contributed by atoms with van der Waals surface area (Å²) in [5.74, 6) is -0.633. The summed E-state index contributed by atoms with van der Waals surface area (Å²) in [5.41, 5.74) is 1.79. The summed E-state index contributed by atoms with van der Waals surface area (Å²) < 4.78 is 51.2. The smallest absolute Gasteiger partial charge is 0.407 e. The predicted molar refractivity (Wildman–Crippen MR) is 158 cm³/mol. The van der Waals surface area contributed by atoms with Crippen LogP contribution >= 0.6 is 0 Å². The van der Waals surface area contributed by atoms with Gasteiger partial charge in [-0.05, 0) is 45.2 Å². The van der Waals surface area contributed by atoms with Gasteiger partial charge in [0.25, 0.3) is 0 Å². The van der Waals surface area contributed by atoms with Crippen molar-refractivity contribution in [3.8, 4) is 17.0 Å². The van der Waals surface area contributed by atoms with E-state index in [1.165, 1.54) is 27.5 Å². The fourth-order valence-electron chi connectivity index (χ4n) is 6.05. The molecule has 1 aromatic carbocycles. The molecule has 14 heteroatoms. The van der Waals surface area contributed by atoms with Crippen molar-refractivity contribution >= 4 is 44.5 Å². The van der Waals surface area contributed by atoms with Gasteiger partial charge in [-0.3, -0.25) is 14.5 Å². The number of benzene rings is 1. The molecule has 1 spiro atoms. The van der Waals surface area contributed by atoms with Crippen LogP contribution in [-0.2, 0) is 20.4 Å². The van der Waals surface area contributed by atoms with Crippen LogP contribution in [0.3, 0.4) is 0 Å². The number of fused-ring (bicyclic) bond motifs is 4. The van der Waals surface area contributed by atoms with Crippen molar-refractivity contribution in [2.45, 2.75) is 51.0 Å². The number of pyridine rings is 2. The van der Waals surface area contributed by atoms with E-state index in [-0.39, 0.29) is 42.2 Å². The van der Waals surface area contributed by atoms with Gasteiger partial charge in [-0.2, -0.15) is 12.7 Å². The molecular weight excluding hydrogens is 579 g/mol. The summed E-state index contributed by atoms with van der Waals surface area (Å²) in [4.78, 5) is 36.3. The van der Waals surface area contributed by atoms with E-state index < -0.39 is 27.5 Å². The quantitative estimate of drug-likeness (QED) is 0.369. The molecule has 4 heterocycles. The maximum Gasteiger partial charge on any atom is 0.407 e. The Morgan fingerprint density at radius 2 is 1.93 bits per heavy atom. The van der Waals surface area contributed by atoms with E-state index in [1.54, 1.807) is 38.1 Å². The van der Waals surface area contributed by atoms with Gasteiger partial charge >= 0.3 is 16.3 Å². The Morgan fingerprint density at radius 3 is 2.53 bits per heavy atom. The molecule has 0 bridgehead atoms. The molecule has 0 unspecified atom stereocenters. The minimum Gasteiger partial charge on any atom is -0.474 e. The Hall–Kier alpha value is -4.04. The Labute approximate surface area is 248 Å². The second-order valence-corrected chi connectivity index (χ2v) is 13.2. The van der Waals surface area contributed by atoms with Gasteiger partial charge in [0.1, 0.15) is 18.1 Å². The number of ether oxygens (including phenoxy) is 1. The van der Waals surface area contributed by atoms with E-state index >= 15 is 4.39 Å². The molecule has 2 aliphatic heterocycles. The van der Waals surface area contributed by atoms with Gasteiger partial charge in [0.15, 0.2) is 0 Å². The number of nitrogens with one attached hydrogen (secondary N) is 1. The predicted octanol–water partition coefficient (Wildman–Crippen LogP) is 3.96. The molecule has 3 aromatic rings. The van der Waals surface area contributed by atoms with E-state index in [1.807, 2.05) is 0 Å². The molecule has 1 aliphatic carbocycles. The number of likely N-dealkylation sites (N-methyl/N-ethyl adjacent to an activating group) is 1. The number of aromatic nitrogens is 2. The molecule has 228 valence electrons. The van der Waals surface area contributed by atoms with Crippen LogP contribution in [0.15, 0.2) is 30.6 Å². The molecule has 2 amide bonds. The number of rotatable bonds is 9. The van der Waals surface area contributed by atoms with Crippen LogP contribution in [0.25, 0.3) is 22.0 Å². The van der Waals surface area contributed by atoms with E-state index in [0.717, 1.165) is 18.4 Å². The van der Waals surface area contributed by atoms with Crippen molar-refractivity contribution < 1.29 is 32.2 Å². The minimum absolute atomic E-state index is 0.00268. The summed E-state index contributed by atoms with van der Waals surface area (Å²) in [6, 6.07) is 4.14. The molecule has 2 fully saturated rings. The highest BCUT2D eigenvalue weighted by atomic mass is 32.2. The Balaban J connectivity index is 1.40. The number of nitrogens with zero attached hydrogens (tertiary/aromatic N) is 5. The number of carboxylic acid groups (broad SMARTS) is 1. The topological polar surface area (TPSA) is 145 Å². The van der Waals surface area contributed by atoms with Gasteiger partial charge in [0.2, 0.25) is 11.8 Å². The second-order valence-electron chi connectivity index (χ2n) is 11.5. The molecule has 6 rings (SSSR count). The van der Waals surface area contributed by atoms with Gasteiger partial charge in [-0.25, -0.2) is 14.2 Å². The van der Waals surface area contributed by atoms with E-state index in [0.29, 0.717) is 48.1 Å². The standard InChI is InChI=1S/C29H33FN6O6S/c1-17(2)36(28(38)39)10-11-42-26-23(33-43(40,41)35-8-5-9-35)12-18(15-32-26)19-13-20-22(14-21(19)30)31-16-24-25(20)29(6-4-7-29)27(37)34(24)3/h12-17,33H,4-11H2,1-3H3,(H,38,39). The molecular formula is C29H33FN6O6S. The third-order valence-electron chi connectivity index (χ3n) is 8.69. The SMILES string of the molecule is CC(C)N(CCOc1ncc(-c2cc3c4c(cnc3cc2F)N(C)C(=O)C42CCC2)cc1NS(=O)(=O)N1CCC1)C(=O)O. The number of hydrogen-bond acceptors (Lipinski definition) is 7. The summed E-state index contributed by atoms with van der Waals surface area (Å²) in [5, 5.41) is 10.1. The summed E-state index contributed by atoms with van der Waals surface area (Å²) in [6.45, 7) is 4.15. The molecule has 2 aromatic heterocycles. The molecule has 43 heavy (non-hydrogen) atoms. The first-order valence-electron chi connectivity index (χ1n) is 14.2. The van der Waals surface area contributed by atoms with Crippen LogP contribution in [0.5, 0.6) is 5.88 Å². The highest BCUT2D eigenvalue weighted by Gasteiger charge is 2.54. The molecule has 3 aliphatic rings. The first-order chi connectivity index (χ1) is 20.4. The normalized spacial score (nSPS) is 17.6. The number of halogens is 1. The van der Waals surface area contributed by atoms with Crippen LogP contribution in [0, 0.1) is 5.82 Å². The number of anilines is 2. The van der Waals surface area contributed by atoms with Crippen molar-refractivity contribution in [3.63, 3.8) is 0 Å². The highest BCUT2D eigenvalue weighted by Crippen LogP contribution is 2.55. The van der Waals surface area contributed by atoms with Crippen LogP contribution in [0.1, 0.15) is 45.1 Å². The number of amides is 2. The zero-order chi connectivity index (χ0) is 30.7. The summed E-state index contributed by atoms with van der Waals surface area (Å²) in [6.07, 6.45) is 4.97. The van der Waals surface area contributed by atoms with Crippen molar-refractivity contribution in [3.05, 3.63) is 42.0 Å². The monoisotopic (exact) mass is 612 g/mol. The lowest BCUT2D eigenvalue weighted by Crippen LogP contribution is -2.45. The lowest BCUT2D eigenvalue weighted by atomic mass is 9.64. The number of hydrogen-bond donors (Lipinski definition) is 2. The largest absolute Gasteiger partial charge is 0.474 e. The number of carbonyl (C=O) groups is 2. The van der Waals surface area contributed by atoms with Gasteiger partial charge in [0.05, 0.1) is 29.4 Å². The van der Waals surface area contributed by atoms with Crippen molar-refractivity contribution in [2.75, 3.05) is 42.9 Å². The summed E-state index contributed by atoms with van der Waals surface area (Å²) in [7, 11) is -2.21. The lowest BCUT2D eigenvalue weighted by molar-refractivity contribution is -0.125. The second kappa shape index (κ2) is 10.6. The maximum absolute atomic E-state index is 15.6. The molecule has 0 atom stereocenters. The molecule has 1 saturated carbocycles. The average Bonchev–Trinajstić information content (AvgIpc) is 3.11. The first-order valence-corrected chi connectivity index (χ1v) is 15.7. The molecule has 12 nitrogen and oxygen atoms in total. The highest BCUT2D eigenvalue weighted by molar-refractivity contribution is 7.90. The molecule has 1 saturated heterocycles. The van der Waals surface area contributed by atoms with Crippen molar-refractivity contribution in [1.82, 2.24) is 19.2 Å². The lowest BCUT2D eigenvalue weighted by Gasteiger charge is -2.37. The fraction of sp³-hybridized carbons (Fsp3) is 0.448. The Bertz CT molecular complexity index is 1740. The maximum atomic E-state index is 15.6. The van der Waals surface area contributed by atoms with Gasteiger partial charge in [-0.15, -0.1) is 0 Å². The van der Waals surface area contributed by atoms with Gasteiger partial charge < -0.3 is 19.6 Å². The third-order valence-corrected chi connectivity index (χ3v) is 10.2. The third kappa shape index (κ3) is 4.82. The van der Waals surface area contributed by atoms with Crippen molar-refractivity contribution in [2.24, 2.45) is 0 Å². The van der Waals surface area contributed by atoms with Crippen molar-refractivity contribution in [1.29, 1.82) is 0 Å². The zero-order valence-electron chi connectivity index (χ0n) is 24.1. The Kier molecular flexibility index (Phi) is 7.16. The van der Waals surface area contributed by atoms with Gasteiger partial charge in [-0.1, -0.05) is 6.42 Å². The summed E-state index contributed by atoms with van der Waals surface area (Å²) >= 11 is 0. The molecule has 2 N–H and O–H groups in total. The minimum atomic E-state index is -3.93. The van der Waals surface area contributed by atoms with E-state index in [2.05, 4.69) is 14.7 Å². The fourth-order valence-corrected chi connectivity index (χ4v) is 7.34. The van der Waals surface area contributed by atoms with Gasteiger partial charge in [0, 0.05) is 60.5 Å². The van der Waals surface area contributed by atoms with Crippen LogP contribution in [0.4, 0.5) is 20.6 Å². The van der Waals surface area contributed by atoms with Crippen LogP contribution in [-0.4, -0.2) is 84.0 Å². The first kappa shape index (κ1) is 29.1. The van der Waals surface area contributed by atoms with E-state index in [9.17, 15) is 23.1 Å². The number of carbonyl (C=O) groups excluding carboxylic acids is 1. The Morgan fingerprint density at radius 1 is 1.19 bits per heavy atom.